The number of halogens is 1. The highest BCUT2D eigenvalue weighted by Crippen LogP contribution is 2.24. The standard InChI is InChI=1S/C24H24FN3O3/c1-16(19-7-4-6-10-22(19)31-2)26-15-23(29)28-21-9-5-3-8-20(21)24(30)27-18-13-11-17(25)12-14-18/h3-14,16,26H,15H2,1-2H3,(H,27,30)(H,28,29)/t16-/m0/s1. The first-order valence-electron chi connectivity index (χ1n) is 9.80. The normalized spacial score (nSPS) is 11.5. The molecule has 6 nitrogen and oxygen atoms in total. The summed E-state index contributed by atoms with van der Waals surface area (Å²) in [5.74, 6) is -0.340. The minimum absolute atomic E-state index is 0.0487. The Balaban J connectivity index is 1.62. The molecule has 160 valence electrons. The van der Waals surface area contributed by atoms with Crippen molar-refractivity contribution in [3.05, 3.63) is 89.7 Å². The molecule has 0 aromatic heterocycles. The minimum atomic E-state index is -0.405. The summed E-state index contributed by atoms with van der Waals surface area (Å²) in [6.07, 6.45) is 0. The Kier molecular flexibility index (Phi) is 7.35. The fourth-order valence-corrected chi connectivity index (χ4v) is 3.10. The summed E-state index contributed by atoms with van der Waals surface area (Å²) in [5, 5.41) is 8.62. The van der Waals surface area contributed by atoms with E-state index in [0.717, 1.165) is 11.3 Å². The van der Waals surface area contributed by atoms with E-state index in [4.69, 9.17) is 4.74 Å². The van der Waals surface area contributed by atoms with Crippen molar-refractivity contribution in [1.82, 2.24) is 5.32 Å². The van der Waals surface area contributed by atoms with Crippen molar-refractivity contribution in [1.29, 1.82) is 0 Å². The third-order valence-electron chi connectivity index (χ3n) is 4.72. The lowest BCUT2D eigenvalue weighted by Gasteiger charge is -2.17. The van der Waals surface area contributed by atoms with Gasteiger partial charge in [-0.2, -0.15) is 0 Å². The summed E-state index contributed by atoms with van der Waals surface area (Å²) < 4.78 is 18.4. The fourth-order valence-electron chi connectivity index (χ4n) is 3.10. The van der Waals surface area contributed by atoms with Gasteiger partial charge in [0.1, 0.15) is 11.6 Å². The molecule has 3 aromatic rings. The largest absolute Gasteiger partial charge is 0.496 e. The Hall–Kier alpha value is -3.71. The molecule has 0 heterocycles. The van der Waals surface area contributed by atoms with Gasteiger partial charge in [0, 0.05) is 17.3 Å². The number of rotatable bonds is 8. The van der Waals surface area contributed by atoms with Crippen LogP contribution in [0.15, 0.2) is 72.8 Å². The third-order valence-corrected chi connectivity index (χ3v) is 4.72. The first-order chi connectivity index (χ1) is 15.0. The molecule has 3 rings (SSSR count). The zero-order valence-corrected chi connectivity index (χ0v) is 17.3. The van der Waals surface area contributed by atoms with Crippen molar-refractivity contribution in [2.75, 3.05) is 24.3 Å². The van der Waals surface area contributed by atoms with Gasteiger partial charge in [0.15, 0.2) is 0 Å². The minimum Gasteiger partial charge on any atom is -0.496 e. The van der Waals surface area contributed by atoms with Crippen LogP contribution in [0.1, 0.15) is 28.9 Å². The molecule has 0 bridgehead atoms. The van der Waals surface area contributed by atoms with Crippen molar-refractivity contribution in [2.45, 2.75) is 13.0 Å². The van der Waals surface area contributed by atoms with Crippen LogP contribution in [-0.2, 0) is 4.79 Å². The van der Waals surface area contributed by atoms with E-state index in [0.29, 0.717) is 16.9 Å². The number of hydrogen-bond donors (Lipinski definition) is 3. The van der Waals surface area contributed by atoms with Gasteiger partial charge in [-0.25, -0.2) is 4.39 Å². The molecule has 0 radical (unpaired) electrons. The van der Waals surface area contributed by atoms with Gasteiger partial charge < -0.3 is 20.7 Å². The first-order valence-corrected chi connectivity index (χ1v) is 9.80. The van der Waals surface area contributed by atoms with Crippen molar-refractivity contribution in [3.63, 3.8) is 0 Å². The van der Waals surface area contributed by atoms with Crippen molar-refractivity contribution >= 4 is 23.2 Å². The lowest BCUT2D eigenvalue weighted by molar-refractivity contribution is -0.115. The van der Waals surface area contributed by atoms with Gasteiger partial charge >= 0.3 is 0 Å². The molecule has 0 spiro atoms. The summed E-state index contributed by atoms with van der Waals surface area (Å²) >= 11 is 0. The van der Waals surface area contributed by atoms with Crippen LogP contribution >= 0.6 is 0 Å². The van der Waals surface area contributed by atoms with Gasteiger partial charge in [0.2, 0.25) is 5.91 Å². The number of nitrogens with one attached hydrogen (secondary N) is 3. The Morgan fingerprint density at radius 1 is 0.935 bits per heavy atom. The lowest BCUT2D eigenvalue weighted by atomic mass is 10.1. The predicted molar refractivity (Wildman–Crippen MR) is 119 cm³/mol. The van der Waals surface area contributed by atoms with E-state index in [2.05, 4.69) is 16.0 Å². The van der Waals surface area contributed by atoms with Crippen LogP contribution in [0.5, 0.6) is 5.75 Å². The van der Waals surface area contributed by atoms with Gasteiger partial charge in [-0.05, 0) is 49.4 Å². The topological polar surface area (TPSA) is 79.5 Å². The Bertz CT molecular complexity index is 1050. The molecule has 0 aliphatic rings. The predicted octanol–water partition coefficient (Wildman–Crippen LogP) is 4.38. The zero-order chi connectivity index (χ0) is 22.2. The van der Waals surface area contributed by atoms with Crippen LogP contribution in [-0.4, -0.2) is 25.5 Å². The Morgan fingerprint density at radius 3 is 2.35 bits per heavy atom. The van der Waals surface area contributed by atoms with E-state index >= 15 is 0 Å². The maximum atomic E-state index is 13.1. The van der Waals surface area contributed by atoms with Gasteiger partial charge in [-0.3, -0.25) is 9.59 Å². The number of para-hydroxylation sites is 2. The SMILES string of the molecule is COc1ccccc1[C@H](C)NCC(=O)Nc1ccccc1C(=O)Nc1ccc(F)cc1. The van der Waals surface area contributed by atoms with Crippen LogP contribution in [0.25, 0.3) is 0 Å². The molecule has 0 aliphatic heterocycles. The van der Waals surface area contributed by atoms with Gasteiger partial charge in [-0.15, -0.1) is 0 Å². The molecular formula is C24H24FN3O3. The van der Waals surface area contributed by atoms with Crippen molar-refractivity contribution < 1.29 is 18.7 Å². The number of anilines is 2. The van der Waals surface area contributed by atoms with Crippen LogP contribution < -0.4 is 20.7 Å². The Labute approximate surface area is 180 Å². The van der Waals surface area contributed by atoms with E-state index in [9.17, 15) is 14.0 Å². The van der Waals surface area contributed by atoms with Crippen molar-refractivity contribution in [2.24, 2.45) is 0 Å². The van der Waals surface area contributed by atoms with Crippen LogP contribution in [0.4, 0.5) is 15.8 Å². The molecule has 1 atom stereocenters. The maximum Gasteiger partial charge on any atom is 0.257 e. The van der Waals surface area contributed by atoms with Crippen LogP contribution in [0.2, 0.25) is 0 Å². The van der Waals surface area contributed by atoms with Crippen molar-refractivity contribution in [3.8, 4) is 5.75 Å². The summed E-state index contributed by atoms with van der Waals surface area (Å²) in [6, 6.07) is 19.6. The molecule has 0 saturated carbocycles. The molecule has 31 heavy (non-hydrogen) atoms. The molecular weight excluding hydrogens is 397 g/mol. The summed E-state index contributed by atoms with van der Waals surface area (Å²) in [7, 11) is 1.60. The number of hydrogen-bond acceptors (Lipinski definition) is 4. The highest BCUT2D eigenvalue weighted by Gasteiger charge is 2.15. The number of ether oxygens (including phenoxy) is 1. The summed E-state index contributed by atoms with van der Waals surface area (Å²) in [5.41, 5.74) is 2.09. The van der Waals surface area contributed by atoms with Gasteiger partial charge in [-0.1, -0.05) is 30.3 Å². The number of carbonyl (C=O) groups is 2. The Morgan fingerprint density at radius 2 is 1.61 bits per heavy atom. The second-order valence-electron chi connectivity index (χ2n) is 6.90. The van der Waals surface area contributed by atoms with E-state index in [1.165, 1.54) is 24.3 Å². The maximum absolute atomic E-state index is 13.1. The average Bonchev–Trinajstić information content (AvgIpc) is 2.79. The summed E-state index contributed by atoms with van der Waals surface area (Å²) in [4.78, 5) is 25.1. The van der Waals surface area contributed by atoms with Crippen LogP contribution in [0, 0.1) is 5.82 Å². The van der Waals surface area contributed by atoms with E-state index in [1.54, 1.807) is 31.4 Å². The molecule has 2 amide bonds. The van der Waals surface area contributed by atoms with E-state index in [1.807, 2.05) is 31.2 Å². The number of carbonyl (C=O) groups excluding carboxylic acids is 2. The fraction of sp³-hybridized carbons (Fsp3) is 0.167. The second kappa shape index (κ2) is 10.4. The first kappa shape index (κ1) is 22.0. The third kappa shape index (κ3) is 5.90. The summed E-state index contributed by atoms with van der Waals surface area (Å²) in [6.45, 7) is 1.99. The molecule has 7 heteroatoms. The quantitative estimate of drug-likeness (QED) is 0.504. The number of methoxy groups -OCH3 is 1. The molecule has 0 saturated heterocycles. The molecule has 0 fully saturated rings. The molecule has 3 aromatic carbocycles. The molecule has 0 unspecified atom stereocenters. The van der Waals surface area contributed by atoms with Gasteiger partial charge in [0.05, 0.1) is 24.9 Å². The monoisotopic (exact) mass is 421 g/mol. The molecule has 3 N–H and O–H groups in total. The highest BCUT2D eigenvalue weighted by molar-refractivity contribution is 6.10. The average molecular weight is 421 g/mol. The zero-order valence-electron chi connectivity index (χ0n) is 17.3. The van der Waals surface area contributed by atoms with E-state index in [-0.39, 0.29) is 24.3 Å². The van der Waals surface area contributed by atoms with E-state index < -0.39 is 5.91 Å². The molecule has 0 aliphatic carbocycles. The smallest absolute Gasteiger partial charge is 0.257 e. The lowest BCUT2D eigenvalue weighted by Crippen LogP contribution is -2.31. The van der Waals surface area contributed by atoms with Crippen LogP contribution in [0.3, 0.4) is 0 Å². The number of benzene rings is 3. The highest BCUT2D eigenvalue weighted by atomic mass is 19.1. The number of amides is 2. The second-order valence-corrected chi connectivity index (χ2v) is 6.90. The van der Waals surface area contributed by atoms with Gasteiger partial charge in [0.25, 0.3) is 5.91 Å².